The highest BCUT2D eigenvalue weighted by Crippen LogP contribution is 2.49. The second-order valence-electron chi connectivity index (χ2n) is 9.87. The minimum atomic E-state index is -4.53. The number of carbonyl (C=O) groups is 1. The largest absolute Gasteiger partial charge is 0.394 e. The van der Waals surface area contributed by atoms with E-state index in [0.29, 0.717) is 12.1 Å². The van der Waals surface area contributed by atoms with E-state index in [0.717, 1.165) is 12.1 Å². The molecule has 2 aromatic carbocycles. The lowest BCUT2D eigenvalue weighted by molar-refractivity contribution is -0.386. The number of fused-ring (bicyclic) bond motifs is 3. The topological polar surface area (TPSA) is 236 Å². The zero-order chi connectivity index (χ0) is 29.0. The second-order valence-corrected chi connectivity index (χ2v) is 13.2. The number of ketones is 1. The summed E-state index contributed by atoms with van der Waals surface area (Å²) in [6, 6.07) is 2.84. The molecule has 0 saturated heterocycles. The van der Waals surface area contributed by atoms with Crippen molar-refractivity contribution in [2.75, 3.05) is 13.2 Å². The molecular formula is C21H24N4O11S2. The number of benzene rings is 2. The normalized spacial score (nSPS) is 13.8. The van der Waals surface area contributed by atoms with Crippen LogP contribution in [0.15, 0.2) is 34.1 Å². The zero-order valence-electron chi connectivity index (χ0n) is 20.5. The molecule has 0 saturated carbocycles. The molecule has 0 radical (unpaired) electrons. The molecule has 15 nitrogen and oxygen atoms in total. The summed E-state index contributed by atoms with van der Waals surface area (Å²) in [5.74, 6) is -1.07. The van der Waals surface area contributed by atoms with E-state index in [9.17, 15) is 52.1 Å². The third-order valence-corrected chi connectivity index (χ3v) is 8.90. The number of nitro benzene ring substituents is 2. The van der Waals surface area contributed by atoms with E-state index in [4.69, 9.17) is 0 Å². The van der Waals surface area contributed by atoms with Crippen molar-refractivity contribution in [1.29, 1.82) is 0 Å². The highest BCUT2D eigenvalue weighted by molar-refractivity contribution is 7.89. The molecule has 38 heavy (non-hydrogen) atoms. The summed E-state index contributed by atoms with van der Waals surface area (Å²) in [7, 11) is -9.06. The number of rotatable bonds is 10. The summed E-state index contributed by atoms with van der Waals surface area (Å²) in [5.41, 5.74) is -6.81. The van der Waals surface area contributed by atoms with Crippen LogP contribution in [0.4, 0.5) is 11.4 Å². The van der Waals surface area contributed by atoms with Gasteiger partial charge in [0.25, 0.3) is 11.4 Å². The van der Waals surface area contributed by atoms with Crippen LogP contribution < -0.4 is 9.44 Å². The van der Waals surface area contributed by atoms with Crippen molar-refractivity contribution in [1.82, 2.24) is 9.44 Å². The Bertz CT molecular complexity index is 1480. The van der Waals surface area contributed by atoms with Gasteiger partial charge in [0.15, 0.2) is 5.78 Å². The lowest BCUT2D eigenvalue weighted by atomic mass is 10.0. The van der Waals surface area contributed by atoms with Gasteiger partial charge in [0, 0.05) is 23.3 Å². The standard InChI is InChI=1S/C21H24N4O11S2/c1-20(2,9-26)22-37(33,34)11-5-13-17(15(7-11)24(29)30)18-14(19(13)28)6-12(8-16(18)25(31)32)38(35,36)23-21(3,4)10-27/h5-8,22-23,26-27H,9-10H2,1-4H3. The second kappa shape index (κ2) is 9.44. The van der Waals surface area contributed by atoms with Crippen molar-refractivity contribution in [3.8, 4) is 11.1 Å². The van der Waals surface area contributed by atoms with Crippen LogP contribution in [0.25, 0.3) is 11.1 Å². The molecule has 17 heteroatoms. The Kier molecular flexibility index (Phi) is 7.25. The van der Waals surface area contributed by atoms with Crippen molar-refractivity contribution < 1.29 is 41.7 Å². The summed E-state index contributed by atoms with van der Waals surface area (Å²) in [6.45, 7) is 4.09. The van der Waals surface area contributed by atoms with Gasteiger partial charge in [-0.25, -0.2) is 26.3 Å². The molecule has 1 aliphatic carbocycles. The maximum Gasteiger partial charge on any atom is 0.279 e. The Balaban J connectivity index is 2.33. The van der Waals surface area contributed by atoms with Gasteiger partial charge in [0.2, 0.25) is 20.0 Å². The number of hydrogen-bond donors (Lipinski definition) is 4. The lowest BCUT2D eigenvalue weighted by Crippen LogP contribution is -2.46. The van der Waals surface area contributed by atoms with E-state index in [-0.39, 0.29) is 0 Å². The van der Waals surface area contributed by atoms with Gasteiger partial charge < -0.3 is 10.2 Å². The molecule has 4 N–H and O–H groups in total. The maximum atomic E-state index is 13.3. The summed E-state index contributed by atoms with van der Waals surface area (Å²) >= 11 is 0. The van der Waals surface area contributed by atoms with Crippen LogP contribution in [0.3, 0.4) is 0 Å². The number of carbonyl (C=O) groups excluding carboxylic acids is 1. The first kappa shape index (κ1) is 29.2. The Morgan fingerprint density at radius 2 is 1.05 bits per heavy atom. The van der Waals surface area contributed by atoms with E-state index >= 15 is 0 Å². The third kappa shape index (κ3) is 5.29. The predicted molar refractivity (Wildman–Crippen MR) is 132 cm³/mol. The average Bonchev–Trinajstić information content (AvgIpc) is 3.08. The van der Waals surface area contributed by atoms with Gasteiger partial charge in [-0.1, -0.05) is 0 Å². The monoisotopic (exact) mass is 572 g/mol. The molecule has 2 aromatic rings. The molecule has 0 bridgehead atoms. The summed E-state index contributed by atoms with van der Waals surface area (Å²) in [4.78, 5) is 33.7. The first-order chi connectivity index (χ1) is 17.3. The number of aliphatic hydroxyl groups excluding tert-OH is 2. The molecule has 0 spiro atoms. The van der Waals surface area contributed by atoms with Crippen LogP contribution >= 0.6 is 0 Å². The van der Waals surface area contributed by atoms with Gasteiger partial charge in [0.1, 0.15) is 0 Å². The Morgan fingerprint density at radius 3 is 1.32 bits per heavy atom. The van der Waals surface area contributed by atoms with Crippen molar-refractivity contribution in [2.45, 2.75) is 48.6 Å². The molecule has 1 aliphatic rings. The fourth-order valence-electron chi connectivity index (χ4n) is 3.74. The number of nitrogens with zero attached hydrogens (tertiary/aromatic N) is 2. The van der Waals surface area contributed by atoms with E-state index in [1.165, 1.54) is 27.7 Å². The molecule has 0 heterocycles. The minimum absolute atomic E-state index is 0.533. The molecule has 0 aromatic heterocycles. The fourth-order valence-corrected chi connectivity index (χ4v) is 6.64. The van der Waals surface area contributed by atoms with Gasteiger partial charge in [-0.15, -0.1) is 0 Å². The van der Waals surface area contributed by atoms with Crippen LogP contribution in [0, 0.1) is 20.2 Å². The molecule has 0 aliphatic heterocycles. The molecule has 0 unspecified atom stereocenters. The van der Waals surface area contributed by atoms with Gasteiger partial charge >= 0.3 is 0 Å². The van der Waals surface area contributed by atoms with E-state index in [1.54, 1.807) is 0 Å². The van der Waals surface area contributed by atoms with Crippen LogP contribution in [0.2, 0.25) is 0 Å². The summed E-state index contributed by atoms with van der Waals surface area (Å²) < 4.78 is 55.9. The third-order valence-electron chi connectivity index (χ3n) is 5.55. The van der Waals surface area contributed by atoms with Crippen LogP contribution in [0.5, 0.6) is 0 Å². The minimum Gasteiger partial charge on any atom is -0.394 e. The van der Waals surface area contributed by atoms with Gasteiger partial charge in [-0.3, -0.25) is 25.0 Å². The smallest absolute Gasteiger partial charge is 0.279 e. The molecule has 0 amide bonds. The van der Waals surface area contributed by atoms with Crippen LogP contribution in [0.1, 0.15) is 43.6 Å². The number of nitrogens with one attached hydrogen (secondary N) is 2. The quantitative estimate of drug-likeness (QED) is 0.196. The molecule has 0 fully saturated rings. The number of sulfonamides is 2. The van der Waals surface area contributed by atoms with Crippen LogP contribution in [-0.2, 0) is 20.0 Å². The van der Waals surface area contributed by atoms with Gasteiger partial charge in [0.05, 0.1) is 55.1 Å². The highest BCUT2D eigenvalue weighted by Gasteiger charge is 2.42. The first-order valence-corrected chi connectivity index (χ1v) is 13.7. The SMILES string of the molecule is CC(C)(CO)NS(=O)(=O)c1cc2c(c([N+](=O)[O-])c1)-c1c(cc(S(=O)(=O)NC(C)(C)CO)cc1[N+](=O)[O-])C2=O. The maximum absolute atomic E-state index is 13.3. The lowest BCUT2D eigenvalue weighted by Gasteiger charge is -2.23. The molecule has 0 atom stereocenters. The van der Waals surface area contributed by atoms with Gasteiger partial charge in [-0.2, -0.15) is 0 Å². The molecular weight excluding hydrogens is 548 g/mol. The van der Waals surface area contributed by atoms with Crippen molar-refractivity contribution >= 4 is 37.2 Å². The Morgan fingerprint density at radius 1 is 0.737 bits per heavy atom. The van der Waals surface area contributed by atoms with E-state index in [2.05, 4.69) is 9.44 Å². The molecule has 206 valence electrons. The van der Waals surface area contributed by atoms with Crippen molar-refractivity contribution in [3.05, 3.63) is 55.6 Å². The number of aliphatic hydroxyl groups is 2. The Labute approximate surface area is 216 Å². The average molecular weight is 573 g/mol. The van der Waals surface area contributed by atoms with Crippen LogP contribution in [-0.4, -0.2) is 67.0 Å². The molecule has 3 rings (SSSR count). The van der Waals surface area contributed by atoms with E-state index < -0.39 is 103 Å². The number of hydrogen-bond acceptors (Lipinski definition) is 11. The Hall–Kier alpha value is -3.35. The summed E-state index contributed by atoms with van der Waals surface area (Å²) in [6.07, 6.45) is 0. The van der Waals surface area contributed by atoms with Gasteiger partial charge in [-0.05, 0) is 39.8 Å². The zero-order valence-corrected chi connectivity index (χ0v) is 22.1. The predicted octanol–water partition coefficient (Wildman–Crippen LogP) is 0.813. The first-order valence-electron chi connectivity index (χ1n) is 10.8. The summed E-state index contributed by atoms with van der Waals surface area (Å²) in [5, 5.41) is 42.7. The highest BCUT2D eigenvalue weighted by atomic mass is 32.2. The van der Waals surface area contributed by atoms with Crippen molar-refractivity contribution in [2.24, 2.45) is 0 Å². The van der Waals surface area contributed by atoms with E-state index in [1.807, 2.05) is 0 Å². The number of nitro groups is 2. The van der Waals surface area contributed by atoms with Crippen molar-refractivity contribution in [3.63, 3.8) is 0 Å². The fraction of sp³-hybridized carbons (Fsp3) is 0.381.